The molecule has 3 fully saturated rings. The van der Waals surface area contributed by atoms with Gasteiger partial charge in [0.25, 0.3) is 0 Å². The first-order chi connectivity index (χ1) is 19.3. The fourth-order valence-electron chi connectivity index (χ4n) is 10.2. The standard InChI is InChI=1S/C36H56Si2.2CH3.2ClH.Zr/c1-26-23-34-32(31-18-13-12-17-30(31)28-15-10-9-11-16-28)19-14-20-33(34)35(26)38(7,8)37(5,6)29-22-21-27(24-29)25-36(2,3)4;;;;;/h9-13,15-18,26-27,29,32-35H,14,19-25H2,1-8H3;2*1H3;2*1H;/q;2*-1;;;+4/p-2. The molecule has 5 rings (SSSR count). The average Bonchev–Trinajstić information content (AvgIpc) is 3.52. The fourth-order valence-corrected chi connectivity index (χ4v) is 24.9. The zero-order valence-electron chi connectivity index (χ0n) is 29.2. The molecule has 0 N–H and O–H groups in total. The Morgan fingerprint density at radius 3 is 2.00 bits per heavy atom. The van der Waals surface area contributed by atoms with Crippen LogP contribution in [0.1, 0.15) is 90.5 Å². The minimum atomic E-state index is -1.39. The van der Waals surface area contributed by atoms with Gasteiger partial charge in [-0.05, 0) is 82.0 Å². The maximum atomic E-state index is 4.93. The van der Waals surface area contributed by atoms with Crippen molar-refractivity contribution in [1.29, 1.82) is 0 Å². The molecule has 2 aromatic carbocycles. The van der Waals surface area contributed by atoms with Crippen LogP contribution >= 0.6 is 17.0 Å². The molecule has 7 atom stereocenters. The monoisotopic (exact) mass is 734 g/mol. The van der Waals surface area contributed by atoms with Crippen LogP contribution in [0.4, 0.5) is 0 Å². The van der Waals surface area contributed by atoms with Gasteiger partial charge in [0, 0.05) is 15.2 Å². The van der Waals surface area contributed by atoms with Crippen LogP contribution in [0.3, 0.4) is 0 Å². The van der Waals surface area contributed by atoms with E-state index in [0.29, 0.717) is 5.41 Å². The van der Waals surface area contributed by atoms with Crippen molar-refractivity contribution in [3.05, 3.63) is 75.0 Å². The fraction of sp³-hybridized carbons (Fsp3) is 0.632. The summed E-state index contributed by atoms with van der Waals surface area (Å²) in [6.45, 7) is 21.6. The van der Waals surface area contributed by atoms with Crippen molar-refractivity contribution < 1.29 is 20.8 Å². The number of fused-ring (bicyclic) bond motifs is 1. The number of hydrogen-bond donors (Lipinski definition) is 0. The molecule has 0 amide bonds. The second-order valence-corrected chi connectivity index (χ2v) is 36.0. The van der Waals surface area contributed by atoms with E-state index in [1.54, 1.807) is 18.4 Å². The van der Waals surface area contributed by atoms with Crippen molar-refractivity contribution in [2.45, 2.75) is 122 Å². The summed E-state index contributed by atoms with van der Waals surface area (Å²) in [6.07, 6.45) is 11.8. The summed E-state index contributed by atoms with van der Waals surface area (Å²) in [7, 11) is 7.15. The molecule has 3 aliphatic carbocycles. The van der Waals surface area contributed by atoms with Gasteiger partial charge in [-0.15, -0.1) is 0 Å². The molecular weight excluding hydrogens is 675 g/mol. The molecule has 0 aromatic heterocycles. The third-order valence-electron chi connectivity index (χ3n) is 12.2. The van der Waals surface area contributed by atoms with E-state index in [1.165, 1.54) is 49.7 Å². The molecule has 3 saturated carbocycles. The molecule has 5 heteroatoms. The summed E-state index contributed by atoms with van der Waals surface area (Å²) in [4.78, 5) is 0. The summed E-state index contributed by atoms with van der Waals surface area (Å²) in [5.41, 5.74) is 7.14. The zero-order valence-corrected chi connectivity index (χ0v) is 35.1. The van der Waals surface area contributed by atoms with E-state index in [0.717, 1.165) is 40.7 Å². The van der Waals surface area contributed by atoms with Crippen molar-refractivity contribution >= 4 is 32.2 Å². The number of rotatable bonds is 6. The first-order valence-electron chi connectivity index (χ1n) is 16.4. The van der Waals surface area contributed by atoms with Gasteiger partial charge in [-0.2, -0.15) is 0 Å². The van der Waals surface area contributed by atoms with E-state index in [9.17, 15) is 0 Å². The quantitative estimate of drug-likeness (QED) is 0.205. The van der Waals surface area contributed by atoms with Gasteiger partial charge in [-0.25, -0.2) is 0 Å². The van der Waals surface area contributed by atoms with Crippen LogP contribution in [0.25, 0.3) is 11.1 Å². The van der Waals surface area contributed by atoms with Crippen LogP contribution in [0.5, 0.6) is 0 Å². The molecule has 0 radical (unpaired) electrons. The van der Waals surface area contributed by atoms with Gasteiger partial charge >= 0.3 is 37.9 Å². The van der Waals surface area contributed by atoms with E-state index in [2.05, 4.69) is 108 Å². The van der Waals surface area contributed by atoms with E-state index in [-0.39, 0.29) is 14.9 Å². The van der Waals surface area contributed by atoms with Gasteiger partial charge < -0.3 is 14.9 Å². The Balaban J connectivity index is 0.00000124. The predicted octanol–water partition coefficient (Wildman–Crippen LogP) is 13.6. The van der Waals surface area contributed by atoms with Gasteiger partial charge in [0.15, 0.2) is 0 Å². The van der Waals surface area contributed by atoms with Crippen LogP contribution in [-0.2, 0) is 20.8 Å². The Kier molecular flexibility index (Phi) is 15.1. The van der Waals surface area contributed by atoms with Gasteiger partial charge in [-0.3, -0.25) is 0 Å². The SMILES string of the molecule is CC1CC2C(c3ccccc3-c3ccccc3)CCCC2C1[Si](C)(C)[Si](C)(C)C1CCC(CC(C)(C)C)C1.[CH3-].[CH3-].[Cl][Zr+2][Cl]. The van der Waals surface area contributed by atoms with Crippen LogP contribution < -0.4 is 0 Å². The molecule has 0 nitrogen and oxygen atoms in total. The third kappa shape index (κ3) is 8.83. The molecule has 0 bridgehead atoms. The molecule has 0 spiro atoms. The first-order valence-corrected chi connectivity index (χ1v) is 29.9. The van der Waals surface area contributed by atoms with Gasteiger partial charge in [0.1, 0.15) is 0 Å². The van der Waals surface area contributed by atoms with Gasteiger partial charge in [0.2, 0.25) is 0 Å². The summed E-state index contributed by atoms with van der Waals surface area (Å²) in [6, 6.07) is 20.7. The van der Waals surface area contributed by atoms with Gasteiger partial charge in [-0.1, -0.05) is 141 Å². The van der Waals surface area contributed by atoms with Crippen molar-refractivity contribution in [2.75, 3.05) is 0 Å². The molecule has 0 saturated heterocycles. The molecule has 240 valence electrons. The third-order valence-corrected chi connectivity index (χ3v) is 33.0. The molecule has 3 aliphatic rings. The van der Waals surface area contributed by atoms with Crippen LogP contribution in [0.2, 0.25) is 37.3 Å². The molecule has 7 unspecified atom stereocenters. The predicted molar refractivity (Wildman–Crippen MR) is 198 cm³/mol. The molecule has 0 aliphatic heterocycles. The van der Waals surface area contributed by atoms with Crippen LogP contribution in [0, 0.1) is 43.9 Å². The maximum absolute atomic E-state index is 4.93. The van der Waals surface area contributed by atoms with E-state index in [1.807, 2.05) is 0 Å². The summed E-state index contributed by atoms with van der Waals surface area (Å²) >= 11 is -0.826. The van der Waals surface area contributed by atoms with E-state index >= 15 is 0 Å². The number of benzene rings is 2. The minimum absolute atomic E-state index is 0. The average molecular weight is 737 g/mol. The van der Waals surface area contributed by atoms with Crippen molar-refractivity contribution in [1.82, 2.24) is 0 Å². The van der Waals surface area contributed by atoms with Crippen molar-refractivity contribution in [2.24, 2.45) is 29.1 Å². The number of halogens is 2. The summed E-state index contributed by atoms with van der Waals surface area (Å²) in [5, 5.41) is 0. The molecule has 2 aromatic rings. The summed E-state index contributed by atoms with van der Waals surface area (Å²) in [5.74, 6) is 4.50. The Hall–Kier alpha value is 0.337. The zero-order chi connectivity index (χ0) is 30.0. The topological polar surface area (TPSA) is 0 Å². The van der Waals surface area contributed by atoms with E-state index < -0.39 is 36.0 Å². The molecular formula is C38H62Cl2Si2Zr. The second-order valence-electron chi connectivity index (χ2n) is 16.2. The Bertz CT molecular complexity index is 1110. The van der Waals surface area contributed by atoms with Crippen molar-refractivity contribution in [3.8, 4) is 11.1 Å². The molecule has 43 heavy (non-hydrogen) atoms. The molecule has 0 heterocycles. The first kappa shape index (κ1) is 39.5. The van der Waals surface area contributed by atoms with Crippen LogP contribution in [0.15, 0.2) is 54.6 Å². The van der Waals surface area contributed by atoms with Gasteiger partial charge in [0.05, 0.1) is 0 Å². The Morgan fingerprint density at radius 2 is 1.37 bits per heavy atom. The Labute approximate surface area is 288 Å². The van der Waals surface area contributed by atoms with Crippen LogP contribution in [-0.4, -0.2) is 15.2 Å². The number of hydrogen-bond acceptors (Lipinski definition) is 0. The second kappa shape index (κ2) is 16.4. The van der Waals surface area contributed by atoms with Crippen molar-refractivity contribution in [3.63, 3.8) is 0 Å². The Morgan fingerprint density at radius 1 is 0.767 bits per heavy atom. The normalized spacial score (nSPS) is 28.8. The van der Waals surface area contributed by atoms with E-state index in [4.69, 9.17) is 17.0 Å². The summed E-state index contributed by atoms with van der Waals surface area (Å²) < 4.78 is 0.